The first kappa shape index (κ1) is 10.5. The third kappa shape index (κ3) is 7.38. The van der Waals surface area contributed by atoms with Crippen LogP contribution in [0.3, 0.4) is 0 Å². The molecule has 1 atom stereocenters. The van der Waals surface area contributed by atoms with Crippen molar-refractivity contribution in [2.24, 2.45) is 5.73 Å². The lowest BCUT2D eigenvalue weighted by Crippen LogP contribution is -2.27. The molecule has 0 radical (unpaired) electrons. The summed E-state index contributed by atoms with van der Waals surface area (Å²) in [4.78, 5) is 0. The molecule has 0 aliphatic carbocycles. The smallest absolute Gasteiger partial charge is 0.0621 e. The van der Waals surface area contributed by atoms with E-state index in [1.807, 2.05) is 13.8 Å². The molecule has 0 spiro atoms. The topological polar surface area (TPSA) is 35.2 Å². The Kier molecular flexibility index (Phi) is 5.91. The second kappa shape index (κ2) is 6.21. The van der Waals surface area contributed by atoms with Gasteiger partial charge in [-0.15, -0.1) is 12.3 Å². The molecule has 0 saturated heterocycles. The lowest BCUT2D eigenvalue weighted by Gasteiger charge is -2.12. The Balaban J connectivity index is 3.23. The maximum atomic E-state index is 5.69. The van der Waals surface area contributed by atoms with Gasteiger partial charge in [-0.2, -0.15) is 0 Å². The molecule has 1 unspecified atom stereocenters. The highest BCUT2D eigenvalue weighted by Gasteiger charge is 2.02. The molecule has 2 N–H and O–H groups in total. The number of ether oxygens (including phenoxy) is 1. The number of terminal acetylenes is 1. The minimum absolute atomic E-state index is 0.0912. The van der Waals surface area contributed by atoms with Crippen LogP contribution in [0.5, 0.6) is 0 Å². The molecule has 0 aromatic carbocycles. The zero-order valence-corrected chi connectivity index (χ0v) is 7.34. The number of rotatable bonds is 5. The minimum Gasteiger partial charge on any atom is -0.377 e. The van der Waals surface area contributed by atoms with Gasteiger partial charge in [-0.25, -0.2) is 0 Å². The molecular weight excluding hydrogens is 138 g/mol. The van der Waals surface area contributed by atoms with Crippen molar-refractivity contribution in [1.29, 1.82) is 0 Å². The fourth-order valence-electron chi connectivity index (χ4n) is 0.668. The van der Waals surface area contributed by atoms with E-state index >= 15 is 0 Å². The summed E-state index contributed by atoms with van der Waals surface area (Å²) >= 11 is 0. The first-order valence-electron chi connectivity index (χ1n) is 3.97. The maximum Gasteiger partial charge on any atom is 0.0621 e. The van der Waals surface area contributed by atoms with E-state index in [1.54, 1.807) is 0 Å². The van der Waals surface area contributed by atoms with E-state index in [-0.39, 0.29) is 12.1 Å². The third-order valence-corrected chi connectivity index (χ3v) is 1.30. The van der Waals surface area contributed by atoms with Crippen molar-refractivity contribution in [1.82, 2.24) is 0 Å². The zero-order chi connectivity index (χ0) is 8.69. The van der Waals surface area contributed by atoms with Gasteiger partial charge < -0.3 is 10.5 Å². The van der Waals surface area contributed by atoms with Crippen molar-refractivity contribution in [3.05, 3.63) is 0 Å². The lowest BCUT2D eigenvalue weighted by molar-refractivity contribution is 0.0672. The van der Waals surface area contributed by atoms with Crippen LogP contribution in [0.2, 0.25) is 0 Å². The molecule has 0 aromatic rings. The van der Waals surface area contributed by atoms with Crippen LogP contribution in [-0.4, -0.2) is 18.8 Å². The number of nitrogens with two attached hydrogens (primary N) is 1. The van der Waals surface area contributed by atoms with Crippen LogP contribution >= 0.6 is 0 Å². The average Bonchev–Trinajstić information content (AvgIpc) is 1.97. The minimum atomic E-state index is 0.0912. The number of hydrogen-bond donors (Lipinski definition) is 1. The van der Waals surface area contributed by atoms with Gasteiger partial charge in [0.2, 0.25) is 0 Å². The highest BCUT2D eigenvalue weighted by atomic mass is 16.5. The van der Waals surface area contributed by atoms with Crippen molar-refractivity contribution in [3.8, 4) is 12.3 Å². The molecule has 0 heterocycles. The van der Waals surface area contributed by atoms with Crippen molar-refractivity contribution in [3.63, 3.8) is 0 Å². The van der Waals surface area contributed by atoms with Crippen LogP contribution in [0.15, 0.2) is 0 Å². The van der Waals surface area contributed by atoms with E-state index in [1.165, 1.54) is 0 Å². The van der Waals surface area contributed by atoms with E-state index in [2.05, 4.69) is 5.92 Å². The third-order valence-electron chi connectivity index (χ3n) is 1.30. The molecule has 0 bridgehead atoms. The molecule has 0 fully saturated rings. The Morgan fingerprint density at radius 3 is 2.64 bits per heavy atom. The SMILES string of the molecule is C#CCCC(N)COC(C)C. The van der Waals surface area contributed by atoms with Crippen LogP contribution in [0, 0.1) is 12.3 Å². The highest BCUT2D eigenvalue weighted by Crippen LogP contribution is 1.96. The molecule has 0 amide bonds. The summed E-state index contributed by atoms with van der Waals surface area (Å²) in [5.41, 5.74) is 5.69. The monoisotopic (exact) mass is 155 g/mol. The van der Waals surface area contributed by atoms with Crippen LogP contribution in [0.1, 0.15) is 26.7 Å². The van der Waals surface area contributed by atoms with Crippen LogP contribution in [-0.2, 0) is 4.74 Å². The zero-order valence-electron chi connectivity index (χ0n) is 7.34. The van der Waals surface area contributed by atoms with Gasteiger partial charge in [-0.1, -0.05) is 0 Å². The lowest BCUT2D eigenvalue weighted by atomic mass is 10.2. The van der Waals surface area contributed by atoms with E-state index in [0.717, 1.165) is 12.8 Å². The Morgan fingerprint density at radius 1 is 1.55 bits per heavy atom. The molecule has 0 saturated carbocycles. The predicted molar refractivity (Wildman–Crippen MR) is 47.1 cm³/mol. The van der Waals surface area contributed by atoms with E-state index in [9.17, 15) is 0 Å². The Labute approximate surface area is 69.1 Å². The maximum absolute atomic E-state index is 5.69. The predicted octanol–water partition coefficient (Wildman–Crippen LogP) is 1.15. The molecule has 0 rings (SSSR count). The summed E-state index contributed by atoms with van der Waals surface area (Å²) in [6.07, 6.45) is 6.93. The Hall–Kier alpha value is -0.520. The van der Waals surface area contributed by atoms with Gasteiger partial charge in [-0.3, -0.25) is 0 Å². The van der Waals surface area contributed by atoms with Gasteiger partial charge in [0.15, 0.2) is 0 Å². The van der Waals surface area contributed by atoms with E-state index < -0.39 is 0 Å². The van der Waals surface area contributed by atoms with Crippen LogP contribution < -0.4 is 5.73 Å². The highest BCUT2D eigenvalue weighted by molar-refractivity contribution is 4.84. The van der Waals surface area contributed by atoms with Gasteiger partial charge in [0.25, 0.3) is 0 Å². The Bertz CT molecular complexity index is 126. The van der Waals surface area contributed by atoms with Gasteiger partial charge in [0.1, 0.15) is 0 Å². The molecule has 0 aliphatic rings. The van der Waals surface area contributed by atoms with Gasteiger partial charge in [0, 0.05) is 12.5 Å². The fraction of sp³-hybridized carbons (Fsp3) is 0.778. The molecular formula is C9H17NO. The standard InChI is InChI=1S/C9H17NO/c1-4-5-6-9(10)7-11-8(2)3/h1,8-9H,5-7,10H2,2-3H3. The normalized spacial score (nSPS) is 13.0. The van der Waals surface area contributed by atoms with Crippen LogP contribution in [0.4, 0.5) is 0 Å². The van der Waals surface area contributed by atoms with Gasteiger partial charge in [-0.05, 0) is 20.3 Å². The quantitative estimate of drug-likeness (QED) is 0.604. The van der Waals surface area contributed by atoms with E-state index in [0.29, 0.717) is 6.61 Å². The second-order valence-corrected chi connectivity index (χ2v) is 2.88. The molecule has 2 nitrogen and oxygen atoms in total. The number of hydrogen-bond acceptors (Lipinski definition) is 2. The summed E-state index contributed by atoms with van der Waals surface area (Å²) in [5.74, 6) is 2.55. The van der Waals surface area contributed by atoms with Crippen molar-refractivity contribution in [2.45, 2.75) is 38.8 Å². The van der Waals surface area contributed by atoms with E-state index in [4.69, 9.17) is 16.9 Å². The van der Waals surface area contributed by atoms with Crippen molar-refractivity contribution in [2.75, 3.05) is 6.61 Å². The molecule has 0 aliphatic heterocycles. The average molecular weight is 155 g/mol. The second-order valence-electron chi connectivity index (χ2n) is 2.88. The molecule has 0 aromatic heterocycles. The summed E-state index contributed by atoms with van der Waals surface area (Å²) < 4.78 is 5.31. The van der Waals surface area contributed by atoms with Crippen molar-refractivity contribution >= 4 is 0 Å². The summed E-state index contributed by atoms with van der Waals surface area (Å²) in [6.45, 7) is 4.60. The molecule has 2 heteroatoms. The van der Waals surface area contributed by atoms with Crippen LogP contribution in [0.25, 0.3) is 0 Å². The first-order chi connectivity index (χ1) is 5.16. The Morgan fingerprint density at radius 2 is 2.18 bits per heavy atom. The van der Waals surface area contributed by atoms with Crippen molar-refractivity contribution < 1.29 is 4.74 Å². The largest absolute Gasteiger partial charge is 0.377 e. The molecule has 11 heavy (non-hydrogen) atoms. The summed E-state index contributed by atoms with van der Waals surface area (Å²) in [6, 6.07) is 0.0912. The van der Waals surface area contributed by atoms with Gasteiger partial charge in [0.05, 0.1) is 12.7 Å². The fourth-order valence-corrected chi connectivity index (χ4v) is 0.668. The summed E-state index contributed by atoms with van der Waals surface area (Å²) in [7, 11) is 0. The van der Waals surface area contributed by atoms with Gasteiger partial charge >= 0.3 is 0 Å². The summed E-state index contributed by atoms with van der Waals surface area (Å²) in [5, 5.41) is 0. The molecule has 64 valence electrons. The first-order valence-corrected chi connectivity index (χ1v) is 3.97.